The molecule has 0 aliphatic carbocycles. The second-order valence-corrected chi connectivity index (χ2v) is 7.80. The van der Waals surface area contributed by atoms with E-state index in [1.54, 1.807) is 23.1 Å². The second kappa shape index (κ2) is 7.05. The zero-order chi connectivity index (χ0) is 14.7. The van der Waals surface area contributed by atoms with E-state index in [4.69, 9.17) is 15.2 Å². The Hall–Kier alpha value is -0.690. The summed E-state index contributed by atoms with van der Waals surface area (Å²) in [6, 6.07) is 8.25. The fraction of sp³-hybridized carbons (Fsp3) is 0.333. The molecule has 0 radical (unpaired) electrons. The van der Waals surface area contributed by atoms with Crippen molar-refractivity contribution < 1.29 is 9.47 Å². The van der Waals surface area contributed by atoms with Gasteiger partial charge in [-0.1, -0.05) is 0 Å². The smallest absolute Gasteiger partial charge is 0.162 e. The summed E-state index contributed by atoms with van der Waals surface area (Å²) in [5.74, 6) is 1.67. The van der Waals surface area contributed by atoms with Crippen molar-refractivity contribution in [1.29, 1.82) is 0 Å². The fourth-order valence-electron chi connectivity index (χ4n) is 2.10. The van der Waals surface area contributed by atoms with Crippen LogP contribution in [0.25, 0.3) is 0 Å². The summed E-state index contributed by atoms with van der Waals surface area (Å²) < 4.78 is 12.5. The molecular formula is C15H16BrNO2S2. The van der Waals surface area contributed by atoms with Crippen molar-refractivity contribution in [1.82, 2.24) is 0 Å². The van der Waals surface area contributed by atoms with Gasteiger partial charge in [-0.15, -0.1) is 23.1 Å². The maximum atomic E-state index is 5.94. The Morgan fingerprint density at radius 2 is 2.05 bits per heavy atom. The van der Waals surface area contributed by atoms with Gasteiger partial charge in [-0.3, -0.25) is 0 Å². The number of nitrogens with two attached hydrogens (primary N) is 1. The Labute approximate surface area is 141 Å². The molecule has 2 aromatic rings. The van der Waals surface area contributed by atoms with Crippen molar-refractivity contribution in [3.05, 3.63) is 39.0 Å². The minimum absolute atomic E-state index is 0.256. The standard InChI is InChI=1S/C15H16BrNO2S2/c16-10-6-14(20-9-10)15(8-17)21-11-2-3-12-13(7-11)19-5-1-4-18-12/h2-3,6-7,9,15H,1,4-5,8,17H2. The van der Waals surface area contributed by atoms with E-state index < -0.39 is 0 Å². The third-order valence-electron chi connectivity index (χ3n) is 3.12. The Morgan fingerprint density at radius 3 is 2.76 bits per heavy atom. The van der Waals surface area contributed by atoms with Gasteiger partial charge in [0.2, 0.25) is 0 Å². The number of rotatable bonds is 4. The first-order valence-electron chi connectivity index (χ1n) is 6.76. The molecule has 0 saturated carbocycles. The van der Waals surface area contributed by atoms with E-state index in [-0.39, 0.29) is 5.25 Å². The topological polar surface area (TPSA) is 44.5 Å². The van der Waals surface area contributed by atoms with Crippen LogP contribution in [0, 0.1) is 0 Å². The van der Waals surface area contributed by atoms with Gasteiger partial charge in [0.05, 0.1) is 18.5 Å². The van der Waals surface area contributed by atoms with Gasteiger partial charge in [0.1, 0.15) is 0 Å². The van der Waals surface area contributed by atoms with Gasteiger partial charge in [-0.05, 0) is 40.2 Å². The van der Waals surface area contributed by atoms with Gasteiger partial charge in [-0.2, -0.15) is 0 Å². The minimum atomic E-state index is 0.256. The van der Waals surface area contributed by atoms with Crippen molar-refractivity contribution in [2.24, 2.45) is 5.73 Å². The number of ether oxygens (including phenoxy) is 2. The van der Waals surface area contributed by atoms with E-state index in [2.05, 4.69) is 39.5 Å². The lowest BCUT2D eigenvalue weighted by atomic mass is 10.3. The Kier molecular flexibility index (Phi) is 5.11. The van der Waals surface area contributed by atoms with Gasteiger partial charge in [0, 0.05) is 32.6 Å². The van der Waals surface area contributed by atoms with E-state index in [0.717, 1.165) is 27.3 Å². The average Bonchev–Trinajstić information content (AvgIpc) is 2.79. The first-order chi connectivity index (χ1) is 10.3. The molecule has 0 amide bonds. The van der Waals surface area contributed by atoms with Gasteiger partial charge >= 0.3 is 0 Å². The van der Waals surface area contributed by atoms with Crippen molar-refractivity contribution in [2.75, 3.05) is 19.8 Å². The lowest BCUT2D eigenvalue weighted by Gasteiger charge is -2.14. The molecule has 112 valence electrons. The Morgan fingerprint density at radius 1 is 1.24 bits per heavy atom. The molecule has 6 heteroatoms. The number of benzene rings is 1. The number of hydrogen-bond acceptors (Lipinski definition) is 5. The van der Waals surface area contributed by atoms with Crippen molar-refractivity contribution >= 4 is 39.0 Å². The maximum absolute atomic E-state index is 5.94. The highest BCUT2D eigenvalue weighted by Gasteiger charge is 2.16. The molecule has 3 rings (SSSR count). The lowest BCUT2D eigenvalue weighted by Crippen LogP contribution is -2.07. The van der Waals surface area contributed by atoms with Crippen LogP contribution in [0.1, 0.15) is 16.5 Å². The molecule has 2 N–H and O–H groups in total. The normalized spacial score (nSPS) is 15.5. The van der Waals surface area contributed by atoms with Gasteiger partial charge in [0.25, 0.3) is 0 Å². The van der Waals surface area contributed by atoms with Crippen molar-refractivity contribution in [3.8, 4) is 11.5 Å². The quantitative estimate of drug-likeness (QED) is 0.788. The average molecular weight is 386 g/mol. The van der Waals surface area contributed by atoms with Crippen LogP contribution >= 0.6 is 39.0 Å². The number of halogens is 1. The van der Waals surface area contributed by atoms with Gasteiger partial charge in [-0.25, -0.2) is 0 Å². The molecule has 21 heavy (non-hydrogen) atoms. The molecule has 1 aromatic heterocycles. The molecule has 0 bridgehead atoms. The summed E-state index contributed by atoms with van der Waals surface area (Å²) >= 11 is 6.99. The van der Waals surface area contributed by atoms with Crippen LogP contribution in [-0.2, 0) is 0 Å². The van der Waals surface area contributed by atoms with Crippen LogP contribution in [0.3, 0.4) is 0 Å². The lowest BCUT2D eigenvalue weighted by molar-refractivity contribution is 0.297. The molecular weight excluding hydrogens is 370 g/mol. The molecule has 3 nitrogen and oxygen atoms in total. The molecule has 1 aliphatic rings. The van der Waals surface area contributed by atoms with E-state index in [9.17, 15) is 0 Å². The van der Waals surface area contributed by atoms with Gasteiger partial charge < -0.3 is 15.2 Å². The van der Waals surface area contributed by atoms with E-state index in [0.29, 0.717) is 19.8 Å². The van der Waals surface area contributed by atoms with Crippen LogP contribution < -0.4 is 15.2 Å². The zero-order valence-corrected chi connectivity index (χ0v) is 14.6. The number of fused-ring (bicyclic) bond motifs is 1. The predicted molar refractivity (Wildman–Crippen MR) is 91.7 cm³/mol. The van der Waals surface area contributed by atoms with Crippen LogP contribution in [0.15, 0.2) is 39.0 Å². The van der Waals surface area contributed by atoms with Crippen LogP contribution in [0.5, 0.6) is 11.5 Å². The minimum Gasteiger partial charge on any atom is -0.490 e. The maximum Gasteiger partial charge on any atom is 0.162 e. The number of thioether (sulfide) groups is 1. The zero-order valence-electron chi connectivity index (χ0n) is 11.4. The molecule has 0 fully saturated rings. The SMILES string of the molecule is NCC(Sc1ccc2c(c1)OCCCO2)c1cc(Br)cs1. The largest absolute Gasteiger partial charge is 0.490 e. The highest BCUT2D eigenvalue weighted by Crippen LogP contribution is 2.41. The summed E-state index contributed by atoms with van der Waals surface area (Å²) in [5.41, 5.74) is 5.94. The van der Waals surface area contributed by atoms with Crippen LogP contribution in [0.4, 0.5) is 0 Å². The number of thiophene rings is 1. The Balaban J connectivity index is 1.79. The van der Waals surface area contributed by atoms with E-state index >= 15 is 0 Å². The van der Waals surface area contributed by atoms with Crippen LogP contribution in [0.2, 0.25) is 0 Å². The summed E-state index contributed by atoms with van der Waals surface area (Å²) in [4.78, 5) is 2.43. The summed E-state index contributed by atoms with van der Waals surface area (Å²) in [5, 5.41) is 2.35. The van der Waals surface area contributed by atoms with E-state index in [1.807, 2.05) is 6.07 Å². The monoisotopic (exact) mass is 385 g/mol. The summed E-state index contributed by atoms with van der Waals surface area (Å²) in [6.07, 6.45) is 0.922. The molecule has 1 atom stereocenters. The third kappa shape index (κ3) is 3.74. The van der Waals surface area contributed by atoms with E-state index in [1.165, 1.54) is 4.88 Å². The number of hydrogen-bond donors (Lipinski definition) is 1. The first kappa shape index (κ1) is 15.2. The first-order valence-corrected chi connectivity index (χ1v) is 9.32. The van der Waals surface area contributed by atoms with Crippen molar-refractivity contribution in [2.45, 2.75) is 16.6 Å². The Bertz CT molecular complexity index is 617. The van der Waals surface area contributed by atoms with Crippen molar-refractivity contribution in [3.63, 3.8) is 0 Å². The molecule has 0 spiro atoms. The molecule has 1 unspecified atom stereocenters. The fourth-order valence-corrected chi connectivity index (χ4v) is 4.78. The third-order valence-corrected chi connectivity index (χ3v) is 6.33. The predicted octanol–water partition coefficient (Wildman–Crippen LogP) is 4.46. The molecule has 1 aromatic carbocycles. The molecule has 2 heterocycles. The van der Waals surface area contributed by atoms with Gasteiger partial charge in [0.15, 0.2) is 11.5 Å². The second-order valence-electron chi connectivity index (χ2n) is 4.67. The highest BCUT2D eigenvalue weighted by molar-refractivity contribution is 9.10. The highest BCUT2D eigenvalue weighted by atomic mass is 79.9. The molecule has 0 saturated heterocycles. The summed E-state index contributed by atoms with van der Waals surface area (Å²) in [6.45, 7) is 2.03. The summed E-state index contributed by atoms with van der Waals surface area (Å²) in [7, 11) is 0. The van der Waals surface area contributed by atoms with Crippen LogP contribution in [-0.4, -0.2) is 19.8 Å². The molecule has 1 aliphatic heterocycles.